The maximum Gasteiger partial charge on any atom is 0.310 e. The van der Waals surface area contributed by atoms with Crippen molar-refractivity contribution in [3.05, 3.63) is 81.0 Å². The molecule has 0 radical (unpaired) electrons. The van der Waals surface area contributed by atoms with E-state index in [-0.39, 0.29) is 11.4 Å². The molecule has 0 unspecified atom stereocenters. The normalized spacial score (nSPS) is 10.8. The number of hydrogen-bond donors (Lipinski definition) is 1. The van der Waals surface area contributed by atoms with E-state index in [2.05, 4.69) is 26.5 Å². The predicted octanol–water partition coefficient (Wildman–Crippen LogP) is 4.15. The number of nitrogens with zero attached hydrogens (tertiary/aromatic N) is 2. The fourth-order valence-corrected chi connectivity index (χ4v) is 2.53. The van der Waals surface area contributed by atoms with E-state index < -0.39 is 17.4 Å². The number of nitro groups is 1. The molecule has 1 aromatic heterocycles. The van der Waals surface area contributed by atoms with Gasteiger partial charge in [0.25, 0.3) is 5.91 Å². The molecular weight excluding hydrogens is 430 g/mol. The van der Waals surface area contributed by atoms with Gasteiger partial charge in [0, 0.05) is 16.1 Å². The first-order valence-electron chi connectivity index (χ1n) is 8.07. The van der Waals surface area contributed by atoms with Crippen molar-refractivity contribution in [2.45, 2.75) is 0 Å². The minimum Gasteiger partial charge on any atom is -0.477 e. The Morgan fingerprint density at radius 3 is 2.68 bits per heavy atom. The van der Waals surface area contributed by atoms with Gasteiger partial charge in [0.2, 0.25) is 0 Å². The van der Waals surface area contributed by atoms with Crippen LogP contribution in [-0.4, -0.2) is 23.7 Å². The van der Waals surface area contributed by atoms with E-state index in [9.17, 15) is 14.9 Å². The Bertz CT molecular complexity index is 1010. The van der Waals surface area contributed by atoms with Crippen LogP contribution in [0.15, 0.2) is 74.7 Å². The van der Waals surface area contributed by atoms with Crippen molar-refractivity contribution in [2.24, 2.45) is 5.10 Å². The lowest BCUT2D eigenvalue weighted by Crippen LogP contribution is -2.24. The van der Waals surface area contributed by atoms with Gasteiger partial charge < -0.3 is 9.15 Å². The van der Waals surface area contributed by atoms with Crippen LogP contribution in [0.25, 0.3) is 11.3 Å². The van der Waals surface area contributed by atoms with Gasteiger partial charge >= 0.3 is 5.69 Å². The van der Waals surface area contributed by atoms with Crippen molar-refractivity contribution in [3.63, 3.8) is 0 Å². The first-order valence-corrected chi connectivity index (χ1v) is 8.86. The molecule has 0 bridgehead atoms. The summed E-state index contributed by atoms with van der Waals surface area (Å²) in [6.07, 6.45) is 1.35. The molecule has 9 heteroatoms. The molecule has 0 saturated heterocycles. The number of hydrogen-bond acceptors (Lipinski definition) is 6. The van der Waals surface area contributed by atoms with Gasteiger partial charge in [-0.3, -0.25) is 14.9 Å². The minimum absolute atomic E-state index is 0.0109. The molecule has 3 rings (SSSR count). The average molecular weight is 444 g/mol. The summed E-state index contributed by atoms with van der Waals surface area (Å²) in [4.78, 5) is 22.1. The van der Waals surface area contributed by atoms with Crippen LogP contribution in [0, 0.1) is 10.1 Å². The summed E-state index contributed by atoms with van der Waals surface area (Å²) in [6.45, 7) is -0.412. The standard InChI is InChI=1S/C19H14BrN3O5/c20-14-7-5-13(6-8-14)17-10-9-15(28-17)11-21-22-19(24)12-27-18-4-2-1-3-16(18)23(25)26/h1-11H,12H2,(H,22,24)/b21-11-. The van der Waals surface area contributed by atoms with Crippen molar-refractivity contribution in [2.75, 3.05) is 6.61 Å². The van der Waals surface area contributed by atoms with Crippen LogP contribution >= 0.6 is 15.9 Å². The largest absolute Gasteiger partial charge is 0.477 e. The number of nitro benzene ring substituents is 1. The summed E-state index contributed by atoms with van der Waals surface area (Å²) in [7, 11) is 0. The molecule has 0 atom stereocenters. The molecule has 0 aliphatic carbocycles. The van der Waals surface area contributed by atoms with E-state index in [1.807, 2.05) is 24.3 Å². The van der Waals surface area contributed by atoms with Gasteiger partial charge in [-0.1, -0.05) is 40.2 Å². The van der Waals surface area contributed by atoms with E-state index in [0.29, 0.717) is 11.5 Å². The quantitative estimate of drug-likeness (QED) is 0.335. The zero-order valence-electron chi connectivity index (χ0n) is 14.4. The van der Waals surface area contributed by atoms with Gasteiger partial charge in [-0.25, -0.2) is 5.43 Å². The lowest BCUT2D eigenvalue weighted by atomic mass is 10.2. The van der Waals surface area contributed by atoms with Crippen LogP contribution in [0.1, 0.15) is 5.76 Å². The molecule has 0 aliphatic rings. The number of amides is 1. The highest BCUT2D eigenvalue weighted by Gasteiger charge is 2.14. The molecule has 3 aromatic rings. The Balaban J connectivity index is 1.53. The SMILES string of the molecule is O=C(COc1ccccc1[N+](=O)[O-])N/N=C\c1ccc(-c2ccc(Br)cc2)o1. The smallest absolute Gasteiger partial charge is 0.310 e. The summed E-state index contributed by atoms with van der Waals surface area (Å²) in [5.41, 5.74) is 2.97. The summed E-state index contributed by atoms with van der Waals surface area (Å²) in [5, 5.41) is 14.7. The second-order valence-electron chi connectivity index (χ2n) is 5.52. The Kier molecular flexibility index (Phi) is 6.18. The molecule has 1 heterocycles. The third-order valence-electron chi connectivity index (χ3n) is 3.56. The lowest BCUT2D eigenvalue weighted by molar-refractivity contribution is -0.385. The monoisotopic (exact) mass is 443 g/mol. The third kappa shape index (κ3) is 5.04. The Labute approximate surface area is 168 Å². The second-order valence-corrected chi connectivity index (χ2v) is 6.43. The number of furan rings is 1. The summed E-state index contributed by atoms with van der Waals surface area (Å²) >= 11 is 3.37. The summed E-state index contributed by atoms with van der Waals surface area (Å²) < 4.78 is 11.8. The molecule has 28 heavy (non-hydrogen) atoms. The van der Waals surface area contributed by atoms with Crippen LogP contribution in [0.4, 0.5) is 5.69 Å². The fraction of sp³-hybridized carbons (Fsp3) is 0.0526. The van der Waals surface area contributed by atoms with Gasteiger partial charge in [0.05, 0.1) is 11.1 Å². The summed E-state index contributed by atoms with van der Waals surface area (Å²) in [5.74, 6) is 0.573. The van der Waals surface area contributed by atoms with E-state index in [0.717, 1.165) is 10.0 Å². The zero-order chi connectivity index (χ0) is 19.9. The topological polar surface area (TPSA) is 107 Å². The van der Waals surface area contributed by atoms with Crippen LogP contribution in [0.5, 0.6) is 5.75 Å². The zero-order valence-corrected chi connectivity index (χ0v) is 16.0. The maximum atomic E-state index is 11.8. The number of ether oxygens (including phenoxy) is 1. The molecule has 1 amide bonds. The van der Waals surface area contributed by atoms with Crippen LogP contribution < -0.4 is 10.2 Å². The molecule has 0 fully saturated rings. The van der Waals surface area contributed by atoms with Gasteiger partial charge in [-0.15, -0.1) is 0 Å². The Morgan fingerprint density at radius 1 is 1.18 bits per heavy atom. The molecule has 0 saturated carbocycles. The van der Waals surface area contributed by atoms with Gasteiger partial charge in [0.1, 0.15) is 11.5 Å². The molecular formula is C19H14BrN3O5. The van der Waals surface area contributed by atoms with Crippen molar-refractivity contribution in [3.8, 4) is 17.1 Å². The number of benzene rings is 2. The second kappa shape index (κ2) is 8.96. The number of halogens is 1. The third-order valence-corrected chi connectivity index (χ3v) is 4.09. The van der Waals surface area contributed by atoms with Gasteiger partial charge in [0.15, 0.2) is 12.4 Å². The Hall–Kier alpha value is -3.46. The number of nitrogens with one attached hydrogen (secondary N) is 1. The van der Waals surface area contributed by atoms with Crippen molar-refractivity contribution >= 4 is 33.7 Å². The van der Waals surface area contributed by atoms with E-state index in [4.69, 9.17) is 9.15 Å². The molecule has 8 nitrogen and oxygen atoms in total. The highest BCUT2D eigenvalue weighted by molar-refractivity contribution is 9.10. The fourth-order valence-electron chi connectivity index (χ4n) is 2.27. The van der Waals surface area contributed by atoms with E-state index in [1.165, 1.54) is 24.4 Å². The Morgan fingerprint density at radius 2 is 1.93 bits per heavy atom. The van der Waals surface area contributed by atoms with Crippen LogP contribution in [-0.2, 0) is 4.79 Å². The first-order chi connectivity index (χ1) is 13.5. The minimum atomic E-state index is -0.578. The molecule has 0 aliphatic heterocycles. The van der Waals surface area contributed by atoms with E-state index in [1.54, 1.807) is 18.2 Å². The average Bonchev–Trinajstić information content (AvgIpc) is 3.16. The number of hydrazone groups is 1. The van der Waals surface area contributed by atoms with Crippen molar-refractivity contribution in [1.82, 2.24) is 5.43 Å². The number of carbonyl (C=O) groups is 1. The molecule has 2 aromatic carbocycles. The number of para-hydroxylation sites is 2. The highest BCUT2D eigenvalue weighted by Crippen LogP contribution is 2.25. The highest BCUT2D eigenvalue weighted by atomic mass is 79.9. The maximum absolute atomic E-state index is 11.8. The van der Waals surface area contributed by atoms with Crippen LogP contribution in [0.3, 0.4) is 0 Å². The molecule has 142 valence electrons. The van der Waals surface area contributed by atoms with Crippen LogP contribution in [0.2, 0.25) is 0 Å². The number of carbonyl (C=O) groups excluding carboxylic acids is 1. The summed E-state index contributed by atoms with van der Waals surface area (Å²) in [6, 6.07) is 17.0. The number of rotatable bonds is 7. The first kappa shape index (κ1) is 19.3. The van der Waals surface area contributed by atoms with Crippen molar-refractivity contribution < 1.29 is 18.9 Å². The van der Waals surface area contributed by atoms with Gasteiger partial charge in [-0.2, -0.15) is 5.10 Å². The van der Waals surface area contributed by atoms with Crippen molar-refractivity contribution in [1.29, 1.82) is 0 Å². The molecule has 1 N–H and O–H groups in total. The molecule has 0 spiro atoms. The van der Waals surface area contributed by atoms with E-state index >= 15 is 0 Å². The lowest BCUT2D eigenvalue weighted by Gasteiger charge is -2.05. The predicted molar refractivity (Wildman–Crippen MR) is 106 cm³/mol. The van der Waals surface area contributed by atoms with Gasteiger partial charge in [-0.05, 0) is 30.3 Å².